The van der Waals surface area contributed by atoms with E-state index in [1.807, 2.05) is 19.9 Å². The molecular formula is C11H19NO2. The van der Waals surface area contributed by atoms with Crippen molar-refractivity contribution in [1.82, 2.24) is 5.32 Å². The molecule has 0 aliphatic carbocycles. The molecule has 1 atom stereocenters. The van der Waals surface area contributed by atoms with Crippen LogP contribution in [0.15, 0.2) is 11.6 Å². The van der Waals surface area contributed by atoms with Crippen molar-refractivity contribution >= 4 is 5.91 Å². The van der Waals surface area contributed by atoms with Crippen LogP contribution in [-0.4, -0.2) is 25.2 Å². The van der Waals surface area contributed by atoms with E-state index in [-0.39, 0.29) is 12.0 Å². The first-order valence-electron chi connectivity index (χ1n) is 5.30. The molecule has 1 amide bonds. The van der Waals surface area contributed by atoms with Crippen LogP contribution in [0.25, 0.3) is 0 Å². The average molecular weight is 197 g/mol. The van der Waals surface area contributed by atoms with Gasteiger partial charge in [-0.1, -0.05) is 13.0 Å². The number of carbonyl (C=O) groups excluding carboxylic acids is 1. The van der Waals surface area contributed by atoms with E-state index in [2.05, 4.69) is 5.32 Å². The number of hydrogen-bond donors (Lipinski definition) is 1. The molecule has 0 radical (unpaired) electrons. The zero-order valence-electron chi connectivity index (χ0n) is 9.01. The minimum absolute atomic E-state index is 0.0300. The Labute approximate surface area is 85.5 Å². The van der Waals surface area contributed by atoms with Gasteiger partial charge in [-0.05, 0) is 26.2 Å². The average Bonchev–Trinajstić information content (AvgIpc) is 2.67. The number of rotatable bonds is 4. The molecule has 1 saturated heterocycles. The molecule has 1 heterocycles. The van der Waals surface area contributed by atoms with E-state index in [1.165, 1.54) is 0 Å². The van der Waals surface area contributed by atoms with E-state index < -0.39 is 0 Å². The summed E-state index contributed by atoms with van der Waals surface area (Å²) in [6, 6.07) is 0. The minimum Gasteiger partial charge on any atom is -0.376 e. The molecule has 0 aromatic rings. The SMILES string of the molecule is CC/C=C(\C)C(=O)NC[C@H]1CCCO1. The van der Waals surface area contributed by atoms with Crippen LogP contribution in [0.5, 0.6) is 0 Å². The molecule has 14 heavy (non-hydrogen) atoms. The Balaban J connectivity index is 2.23. The van der Waals surface area contributed by atoms with E-state index in [4.69, 9.17) is 4.74 Å². The third-order valence-electron chi connectivity index (χ3n) is 2.38. The van der Waals surface area contributed by atoms with Crippen molar-refractivity contribution in [3.63, 3.8) is 0 Å². The zero-order chi connectivity index (χ0) is 10.4. The Hall–Kier alpha value is -0.830. The lowest BCUT2D eigenvalue weighted by Crippen LogP contribution is -2.32. The van der Waals surface area contributed by atoms with Crippen molar-refractivity contribution in [3.05, 3.63) is 11.6 Å². The predicted molar refractivity (Wildman–Crippen MR) is 56.0 cm³/mol. The molecule has 0 bridgehead atoms. The molecule has 1 N–H and O–H groups in total. The van der Waals surface area contributed by atoms with Crippen LogP contribution in [0.4, 0.5) is 0 Å². The summed E-state index contributed by atoms with van der Waals surface area (Å²) >= 11 is 0. The molecule has 0 spiro atoms. The Morgan fingerprint density at radius 2 is 2.43 bits per heavy atom. The molecule has 0 aromatic heterocycles. The second-order valence-corrected chi connectivity index (χ2v) is 3.64. The van der Waals surface area contributed by atoms with Crippen LogP contribution >= 0.6 is 0 Å². The number of carbonyl (C=O) groups is 1. The van der Waals surface area contributed by atoms with Gasteiger partial charge in [0.05, 0.1) is 6.10 Å². The van der Waals surface area contributed by atoms with Gasteiger partial charge in [-0.15, -0.1) is 0 Å². The molecule has 3 heteroatoms. The molecular weight excluding hydrogens is 178 g/mol. The number of ether oxygens (including phenoxy) is 1. The van der Waals surface area contributed by atoms with Gasteiger partial charge in [-0.25, -0.2) is 0 Å². The second-order valence-electron chi connectivity index (χ2n) is 3.64. The van der Waals surface area contributed by atoms with Gasteiger partial charge in [-0.3, -0.25) is 4.79 Å². The van der Waals surface area contributed by atoms with Crippen molar-refractivity contribution in [3.8, 4) is 0 Å². The van der Waals surface area contributed by atoms with Crippen LogP contribution in [0.1, 0.15) is 33.1 Å². The summed E-state index contributed by atoms with van der Waals surface area (Å²) in [6.45, 7) is 5.35. The van der Waals surface area contributed by atoms with Crippen LogP contribution in [-0.2, 0) is 9.53 Å². The van der Waals surface area contributed by atoms with Gasteiger partial charge in [0.25, 0.3) is 0 Å². The van der Waals surface area contributed by atoms with E-state index in [9.17, 15) is 4.79 Å². The molecule has 3 nitrogen and oxygen atoms in total. The van der Waals surface area contributed by atoms with Crippen molar-refractivity contribution in [2.24, 2.45) is 0 Å². The van der Waals surface area contributed by atoms with Gasteiger partial charge in [0.1, 0.15) is 0 Å². The first-order chi connectivity index (χ1) is 6.74. The Bertz CT molecular complexity index is 217. The highest BCUT2D eigenvalue weighted by molar-refractivity contribution is 5.92. The van der Waals surface area contributed by atoms with E-state index in [1.54, 1.807) is 0 Å². The highest BCUT2D eigenvalue weighted by atomic mass is 16.5. The van der Waals surface area contributed by atoms with Gasteiger partial charge in [-0.2, -0.15) is 0 Å². The van der Waals surface area contributed by atoms with Crippen molar-refractivity contribution in [2.45, 2.75) is 39.2 Å². The summed E-state index contributed by atoms with van der Waals surface area (Å²) in [5, 5.41) is 2.88. The fourth-order valence-corrected chi connectivity index (χ4v) is 1.55. The fraction of sp³-hybridized carbons (Fsp3) is 0.727. The summed E-state index contributed by atoms with van der Waals surface area (Å²) in [5.41, 5.74) is 0.797. The van der Waals surface area contributed by atoms with E-state index >= 15 is 0 Å². The molecule has 1 aliphatic heterocycles. The summed E-state index contributed by atoms with van der Waals surface area (Å²) in [7, 11) is 0. The molecule has 1 fully saturated rings. The molecule has 0 saturated carbocycles. The third kappa shape index (κ3) is 3.50. The predicted octanol–water partition coefficient (Wildman–Crippen LogP) is 1.64. The lowest BCUT2D eigenvalue weighted by Gasteiger charge is -2.10. The first kappa shape index (κ1) is 11.2. The van der Waals surface area contributed by atoms with Gasteiger partial charge in [0.15, 0.2) is 0 Å². The maximum Gasteiger partial charge on any atom is 0.246 e. The topological polar surface area (TPSA) is 38.3 Å². The van der Waals surface area contributed by atoms with Gasteiger partial charge in [0, 0.05) is 18.7 Å². The molecule has 80 valence electrons. The number of allylic oxidation sites excluding steroid dienone is 1. The standard InChI is InChI=1S/C11H19NO2/c1-3-5-9(2)11(13)12-8-10-6-4-7-14-10/h5,10H,3-4,6-8H2,1-2H3,(H,12,13)/b9-5+/t10-/m1/s1. The van der Waals surface area contributed by atoms with Crippen LogP contribution in [0.3, 0.4) is 0 Å². The molecule has 1 aliphatic rings. The maximum absolute atomic E-state index is 11.5. The van der Waals surface area contributed by atoms with Gasteiger partial charge >= 0.3 is 0 Å². The van der Waals surface area contributed by atoms with Crippen LogP contribution in [0, 0.1) is 0 Å². The van der Waals surface area contributed by atoms with Crippen molar-refractivity contribution in [2.75, 3.05) is 13.2 Å². The lowest BCUT2D eigenvalue weighted by molar-refractivity contribution is -0.117. The Kier molecular flexibility index (Phi) is 4.66. The normalized spacial score (nSPS) is 22.4. The summed E-state index contributed by atoms with van der Waals surface area (Å²) < 4.78 is 5.41. The van der Waals surface area contributed by atoms with Crippen molar-refractivity contribution in [1.29, 1.82) is 0 Å². The first-order valence-corrected chi connectivity index (χ1v) is 5.30. The van der Waals surface area contributed by atoms with Crippen molar-refractivity contribution < 1.29 is 9.53 Å². The quantitative estimate of drug-likeness (QED) is 0.696. The van der Waals surface area contributed by atoms with E-state index in [0.717, 1.165) is 31.4 Å². The highest BCUT2D eigenvalue weighted by Gasteiger charge is 2.16. The summed E-state index contributed by atoms with van der Waals surface area (Å²) in [6.07, 6.45) is 5.25. The summed E-state index contributed by atoms with van der Waals surface area (Å²) in [4.78, 5) is 11.5. The van der Waals surface area contributed by atoms with Crippen LogP contribution < -0.4 is 5.32 Å². The maximum atomic E-state index is 11.5. The largest absolute Gasteiger partial charge is 0.376 e. The molecule has 1 rings (SSSR count). The Morgan fingerprint density at radius 1 is 1.64 bits per heavy atom. The molecule has 0 unspecified atom stereocenters. The van der Waals surface area contributed by atoms with Gasteiger partial charge < -0.3 is 10.1 Å². The van der Waals surface area contributed by atoms with Gasteiger partial charge in [0.2, 0.25) is 5.91 Å². The highest BCUT2D eigenvalue weighted by Crippen LogP contribution is 2.10. The van der Waals surface area contributed by atoms with E-state index in [0.29, 0.717) is 6.54 Å². The third-order valence-corrected chi connectivity index (χ3v) is 2.38. The molecule has 0 aromatic carbocycles. The van der Waals surface area contributed by atoms with Crippen LogP contribution in [0.2, 0.25) is 0 Å². The zero-order valence-corrected chi connectivity index (χ0v) is 9.01. The number of amides is 1. The lowest BCUT2D eigenvalue weighted by atomic mass is 10.2. The number of hydrogen-bond acceptors (Lipinski definition) is 2. The smallest absolute Gasteiger partial charge is 0.246 e. The monoisotopic (exact) mass is 197 g/mol. The summed E-state index contributed by atoms with van der Waals surface area (Å²) in [5.74, 6) is 0.0300. The minimum atomic E-state index is 0.0300. The second kappa shape index (κ2) is 5.81. The number of nitrogens with one attached hydrogen (secondary N) is 1. The Morgan fingerprint density at radius 3 is 3.00 bits per heavy atom. The fourth-order valence-electron chi connectivity index (χ4n) is 1.55.